The molecule has 1 atom stereocenters. The fourth-order valence-electron chi connectivity index (χ4n) is 1.62. The van der Waals surface area contributed by atoms with Gasteiger partial charge in [0.25, 0.3) is 0 Å². The standard InChI is InChI=1S/C13H16N2O3S/c1-8-7-19-12(15-8)6-14-9(2)10-4-5-11(18-10)13(16)17-3/h4-5,7,9,14H,6H2,1-3H3. The van der Waals surface area contributed by atoms with Gasteiger partial charge in [-0.1, -0.05) is 0 Å². The van der Waals surface area contributed by atoms with Gasteiger partial charge in [0.2, 0.25) is 5.76 Å². The van der Waals surface area contributed by atoms with E-state index in [2.05, 4.69) is 15.0 Å². The van der Waals surface area contributed by atoms with Crippen LogP contribution < -0.4 is 5.32 Å². The van der Waals surface area contributed by atoms with Crippen molar-refractivity contribution in [3.63, 3.8) is 0 Å². The molecular weight excluding hydrogens is 264 g/mol. The third-order valence-electron chi connectivity index (χ3n) is 2.67. The number of nitrogens with zero attached hydrogens (tertiary/aromatic N) is 1. The highest BCUT2D eigenvalue weighted by molar-refractivity contribution is 7.09. The van der Waals surface area contributed by atoms with E-state index in [-0.39, 0.29) is 11.8 Å². The Morgan fingerprint density at radius 1 is 1.58 bits per heavy atom. The second-order valence-corrected chi connectivity index (χ2v) is 5.12. The molecule has 1 unspecified atom stereocenters. The van der Waals surface area contributed by atoms with Crippen LogP contribution in [0.2, 0.25) is 0 Å². The van der Waals surface area contributed by atoms with Crippen LogP contribution in [0.5, 0.6) is 0 Å². The van der Waals surface area contributed by atoms with Gasteiger partial charge in [-0.05, 0) is 26.0 Å². The molecule has 2 heterocycles. The predicted molar refractivity (Wildman–Crippen MR) is 72.2 cm³/mol. The van der Waals surface area contributed by atoms with Crippen molar-refractivity contribution in [1.82, 2.24) is 10.3 Å². The monoisotopic (exact) mass is 280 g/mol. The summed E-state index contributed by atoms with van der Waals surface area (Å²) in [5.74, 6) is 0.457. The van der Waals surface area contributed by atoms with E-state index in [1.807, 2.05) is 19.2 Å². The van der Waals surface area contributed by atoms with Crippen LogP contribution in [0, 0.1) is 6.92 Å². The van der Waals surface area contributed by atoms with E-state index in [0.717, 1.165) is 10.7 Å². The molecule has 0 spiro atoms. The van der Waals surface area contributed by atoms with Crippen molar-refractivity contribution in [2.75, 3.05) is 7.11 Å². The smallest absolute Gasteiger partial charge is 0.373 e. The van der Waals surface area contributed by atoms with Crippen molar-refractivity contribution < 1.29 is 13.9 Å². The van der Waals surface area contributed by atoms with Gasteiger partial charge in [-0.25, -0.2) is 9.78 Å². The highest BCUT2D eigenvalue weighted by atomic mass is 32.1. The van der Waals surface area contributed by atoms with Crippen molar-refractivity contribution in [3.8, 4) is 0 Å². The maximum Gasteiger partial charge on any atom is 0.373 e. The SMILES string of the molecule is COC(=O)c1ccc(C(C)NCc2nc(C)cs2)o1. The number of hydrogen-bond acceptors (Lipinski definition) is 6. The molecule has 0 aromatic carbocycles. The molecule has 19 heavy (non-hydrogen) atoms. The molecule has 0 bridgehead atoms. The van der Waals surface area contributed by atoms with Crippen LogP contribution >= 0.6 is 11.3 Å². The second kappa shape index (κ2) is 5.99. The lowest BCUT2D eigenvalue weighted by Crippen LogP contribution is -2.17. The van der Waals surface area contributed by atoms with E-state index < -0.39 is 5.97 Å². The Kier molecular flexibility index (Phi) is 4.34. The number of carbonyl (C=O) groups excluding carboxylic acids is 1. The Morgan fingerprint density at radius 3 is 3.00 bits per heavy atom. The van der Waals surface area contributed by atoms with E-state index in [4.69, 9.17) is 4.42 Å². The van der Waals surface area contributed by atoms with E-state index >= 15 is 0 Å². The normalized spacial score (nSPS) is 12.4. The van der Waals surface area contributed by atoms with Gasteiger partial charge in [0, 0.05) is 17.6 Å². The Bertz CT molecular complexity index is 562. The average molecular weight is 280 g/mol. The Hall–Kier alpha value is -1.66. The van der Waals surface area contributed by atoms with Gasteiger partial charge in [0.05, 0.1) is 13.2 Å². The van der Waals surface area contributed by atoms with Crippen molar-refractivity contribution in [2.45, 2.75) is 26.4 Å². The maximum atomic E-state index is 11.3. The minimum absolute atomic E-state index is 0.00242. The number of furan rings is 1. The van der Waals surface area contributed by atoms with Gasteiger partial charge in [-0.15, -0.1) is 11.3 Å². The third-order valence-corrected chi connectivity index (χ3v) is 3.63. The molecule has 0 fully saturated rings. The summed E-state index contributed by atoms with van der Waals surface area (Å²) in [6.45, 7) is 4.62. The molecule has 0 amide bonds. The summed E-state index contributed by atoms with van der Waals surface area (Å²) < 4.78 is 10.0. The topological polar surface area (TPSA) is 64.4 Å². The molecule has 102 valence electrons. The Balaban J connectivity index is 1.94. The summed E-state index contributed by atoms with van der Waals surface area (Å²) in [7, 11) is 1.33. The quantitative estimate of drug-likeness (QED) is 0.853. The van der Waals surface area contributed by atoms with Gasteiger partial charge < -0.3 is 14.5 Å². The number of carbonyl (C=O) groups is 1. The van der Waals surface area contributed by atoms with Gasteiger partial charge in [-0.2, -0.15) is 0 Å². The molecule has 0 aliphatic carbocycles. The molecular formula is C13H16N2O3S. The van der Waals surface area contributed by atoms with Gasteiger partial charge in [0.1, 0.15) is 10.8 Å². The number of aryl methyl sites for hydroxylation is 1. The Labute approximate surface area is 115 Å². The predicted octanol–water partition coefficient (Wildman–Crippen LogP) is 2.68. The van der Waals surface area contributed by atoms with Crippen LogP contribution in [0.1, 0.15) is 40.0 Å². The molecule has 2 aromatic heterocycles. The third kappa shape index (κ3) is 3.42. The van der Waals surface area contributed by atoms with Crippen molar-refractivity contribution >= 4 is 17.3 Å². The zero-order valence-corrected chi connectivity index (χ0v) is 11.9. The molecule has 6 heteroatoms. The molecule has 5 nitrogen and oxygen atoms in total. The zero-order chi connectivity index (χ0) is 13.8. The summed E-state index contributed by atoms with van der Waals surface area (Å²) in [5, 5.41) is 6.35. The maximum absolute atomic E-state index is 11.3. The molecule has 1 N–H and O–H groups in total. The van der Waals surface area contributed by atoms with Gasteiger partial charge in [0.15, 0.2) is 0 Å². The van der Waals surface area contributed by atoms with E-state index in [1.165, 1.54) is 7.11 Å². The fourth-order valence-corrected chi connectivity index (χ4v) is 2.34. The lowest BCUT2D eigenvalue weighted by atomic mass is 10.2. The number of aromatic nitrogens is 1. The lowest BCUT2D eigenvalue weighted by molar-refractivity contribution is 0.0562. The average Bonchev–Trinajstić information content (AvgIpc) is 3.04. The number of ether oxygens (including phenoxy) is 1. The zero-order valence-electron chi connectivity index (χ0n) is 11.1. The van der Waals surface area contributed by atoms with Gasteiger partial charge in [-0.3, -0.25) is 0 Å². The van der Waals surface area contributed by atoms with Crippen molar-refractivity contribution in [1.29, 1.82) is 0 Å². The summed E-state index contributed by atoms with van der Waals surface area (Å²) in [6, 6.07) is 3.40. The molecule has 0 aliphatic rings. The van der Waals surface area contributed by atoms with Crippen LogP contribution in [-0.2, 0) is 11.3 Å². The Morgan fingerprint density at radius 2 is 2.37 bits per heavy atom. The summed E-state index contributed by atoms with van der Waals surface area (Å²) in [4.78, 5) is 15.7. The fraction of sp³-hybridized carbons (Fsp3) is 0.385. The lowest BCUT2D eigenvalue weighted by Gasteiger charge is -2.09. The first-order valence-electron chi connectivity index (χ1n) is 5.92. The molecule has 0 radical (unpaired) electrons. The van der Waals surface area contributed by atoms with Crippen LogP contribution in [0.15, 0.2) is 21.9 Å². The largest absolute Gasteiger partial charge is 0.463 e. The number of methoxy groups -OCH3 is 1. The van der Waals surface area contributed by atoms with Gasteiger partial charge >= 0.3 is 5.97 Å². The number of thiazole rings is 1. The van der Waals surface area contributed by atoms with Crippen LogP contribution in [-0.4, -0.2) is 18.1 Å². The summed E-state index contributed by atoms with van der Waals surface area (Å²) in [5.41, 5.74) is 1.03. The highest BCUT2D eigenvalue weighted by Crippen LogP contribution is 2.18. The molecule has 0 saturated carbocycles. The number of nitrogens with one attached hydrogen (secondary N) is 1. The summed E-state index contributed by atoms with van der Waals surface area (Å²) in [6.07, 6.45) is 0. The first-order chi connectivity index (χ1) is 9.10. The first kappa shape index (κ1) is 13.8. The number of esters is 1. The molecule has 0 saturated heterocycles. The molecule has 2 rings (SSSR count). The highest BCUT2D eigenvalue weighted by Gasteiger charge is 2.15. The van der Waals surface area contributed by atoms with E-state index in [0.29, 0.717) is 12.3 Å². The van der Waals surface area contributed by atoms with E-state index in [1.54, 1.807) is 23.5 Å². The first-order valence-corrected chi connectivity index (χ1v) is 6.80. The van der Waals surface area contributed by atoms with Crippen molar-refractivity contribution in [2.24, 2.45) is 0 Å². The van der Waals surface area contributed by atoms with Crippen LogP contribution in [0.25, 0.3) is 0 Å². The minimum Gasteiger partial charge on any atom is -0.463 e. The minimum atomic E-state index is -0.464. The van der Waals surface area contributed by atoms with Crippen LogP contribution in [0.4, 0.5) is 0 Å². The number of hydrogen-bond donors (Lipinski definition) is 1. The van der Waals surface area contributed by atoms with Crippen LogP contribution in [0.3, 0.4) is 0 Å². The second-order valence-electron chi connectivity index (χ2n) is 4.18. The van der Waals surface area contributed by atoms with Crippen molar-refractivity contribution in [3.05, 3.63) is 39.7 Å². The van der Waals surface area contributed by atoms with E-state index in [9.17, 15) is 4.79 Å². The molecule has 0 aliphatic heterocycles. The number of rotatable bonds is 5. The molecule has 2 aromatic rings. The summed E-state index contributed by atoms with van der Waals surface area (Å²) >= 11 is 1.62.